The molecule has 2 N–H and O–H groups in total. The van der Waals surface area contributed by atoms with Crippen LogP contribution in [0.2, 0.25) is 0 Å². The Balaban J connectivity index is 1.67. The van der Waals surface area contributed by atoms with E-state index < -0.39 is 0 Å². The molecule has 18 heavy (non-hydrogen) atoms. The maximum absolute atomic E-state index is 11.7. The van der Waals surface area contributed by atoms with E-state index in [0.717, 1.165) is 25.8 Å². The fraction of sp³-hybridized carbons (Fsp3) is 0.583. The quantitative estimate of drug-likeness (QED) is 0.775. The molecule has 2 heterocycles. The van der Waals surface area contributed by atoms with Crippen LogP contribution in [0.4, 0.5) is 0 Å². The maximum atomic E-state index is 11.7. The zero-order valence-corrected chi connectivity index (χ0v) is 10.3. The Hall–Kier alpha value is -1.85. The molecule has 1 atom stereocenters. The van der Waals surface area contributed by atoms with Crippen molar-refractivity contribution in [2.75, 3.05) is 6.54 Å². The molecule has 0 aromatic carbocycles. The molecular weight excluding hydrogens is 232 g/mol. The number of aromatic nitrogens is 2. The first kappa shape index (κ1) is 12.6. The van der Waals surface area contributed by atoms with Gasteiger partial charge in [-0.05, 0) is 25.3 Å². The molecule has 98 valence electrons. The second-order valence-electron chi connectivity index (χ2n) is 4.43. The normalized spacial score (nSPS) is 19.3. The number of hydrogen-bond donors (Lipinski definition) is 2. The number of carbonyl (C=O) groups is 2. The third-order valence-electron chi connectivity index (χ3n) is 2.97. The number of aryl methyl sites for hydroxylation is 1. The minimum Gasteiger partial charge on any atom is -0.354 e. The molecule has 1 fully saturated rings. The summed E-state index contributed by atoms with van der Waals surface area (Å²) < 4.78 is 1.79. The molecule has 1 saturated heterocycles. The Kier molecular flexibility index (Phi) is 4.33. The number of amides is 2. The fourth-order valence-electron chi connectivity index (χ4n) is 2.01. The molecule has 6 heteroatoms. The lowest BCUT2D eigenvalue weighted by atomic mass is 10.1. The zero-order valence-electron chi connectivity index (χ0n) is 10.3. The summed E-state index contributed by atoms with van der Waals surface area (Å²) in [7, 11) is 0. The van der Waals surface area contributed by atoms with Gasteiger partial charge in [0.05, 0.1) is 0 Å². The van der Waals surface area contributed by atoms with E-state index >= 15 is 0 Å². The van der Waals surface area contributed by atoms with Crippen molar-refractivity contribution < 1.29 is 9.59 Å². The van der Waals surface area contributed by atoms with Crippen LogP contribution in [0.25, 0.3) is 0 Å². The van der Waals surface area contributed by atoms with Gasteiger partial charge in [-0.3, -0.25) is 14.3 Å². The zero-order chi connectivity index (χ0) is 12.8. The molecule has 0 spiro atoms. The molecular formula is C12H18N4O2. The van der Waals surface area contributed by atoms with Crippen molar-refractivity contribution >= 4 is 11.8 Å². The summed E-state index contributed by atoms with van der Waals surface area (Å²) in [5.74, 6) is -0.133. The van der Waals surface area contributed by atoms with E-state index in [1.165, 1.54) is 0 Å². The van der Waals surface area contributed by atoms with Gasteiger partial charge in [-0.1, -0.05) is 0 Å². The fourth-order valence-corrected chi connectivity index (χ4v) is 2.01. The largest absolute Gasteiger partial charge is 0.354 e. The summed E-state index contributed by atoms with van der Waals surface area (Å²) in [5.41, 5.74) is 0. The summed E-state index contributed by atoms with van der Waals surface area (Å²) in [6.45, 7) is 1.43. The Morgan fingerprint density at radius 3 is 3.22 bits per heavy atom. The minimum atomic E-state index is -0.351. The molecule has 0 bridgehead atoms. The molecule has 1 aliphatic rings. The van der Waals surface area contributed by atoms with Crippen molar-refractivity contribution in [1.82, 2.24) is 20.4 Å². The van der Waals surface area contributed by atoms with Gasteiger partial charge in [0.25, 0.3) is 0 Å². The van der Waals surface area contributed by atoms with E-state index in [-0.39, 0.29) is 17.9 Å². The Morgan fingerprint density at radius 1 is 1.61 bits per heavy atom. The number of rotatable bonds is 5. The van der Waals surface area contributed by atoms with Crippen LogP contribution in [0.1, 0.15) is 25.7 Å². The average Bonchev–Trinajstić information content (AvgIpc) is 2.85. The molecule has 2 amide bonds. The highest BCUT2D eigenvalue weighted by Crippen LogP contribution is 2.04. The second kappa shape index (κ2) is 6.18. The van der Waals surface area contributed by atoms with Gasteiger partial charge in [0.15, 0.2) is 0 Å². The Morgan fingerprint density at radius 2 is 2.50 bits per heavy atom. The van der Waals surface area contributed by atoms with E-state index in [9.17, 15) is 9.59 Å². The van der Waals surface area contributed by atoms with Gasteiger partial charge in [-0.25, -0.2) is 0 Å². The van der Waals surface area contributed by atoms with Crippen LogP contribution >= 0.6 is 0 Å². The van der Waals surface area contributed by atoms with Gasteiger partial charge < -0.3 is 10.6 Å². The molecule has 1 aliphatic heterocycles. The van der Waals surface area contributed by atoms with Gasteiger partial charge in [0, 0.05) is 31.9 Å². The van der Waals surface area contributed by atoms with E-state index in [2.05, 4.69) is 15.7 Å². The van der Waals surface area contributed by atoms with Crippen molar-refractivity contribution in [3.8, 4) is 0 Å². The average molecular weight is 250 g/mol. The van der Waals surface area contributed by atoms with Crippen molar-refractivity contribution in [3.05, 3.63) is 18.5 Å². The Bertz CT molecular complexity index is 402. The third kappa shape index (κ3) is 3.58. The van der Waals surface area contributed by atoms with Crippen LogP contribution in [-0.2, 0) is 16.1 Å². The summed E-state index contributed by atoms with van der Waals surface area (Å²) in [4.78, 5) is 23.1. The molecule has 1 unspecified atom stereocenters. The summed E-state index contributed by atoms with van der Waals surface area (Å²) >= 11 is 0. The van der Waals surface area contributed by atoms with Crippen molar-refractivity contribution in [2.45, 2.75) is 38.3 Å². The lowest BCUT2D eigenvalue weighted by Gasteiger charge is -2.22. The topological polar surface area (TPSA) is 76.0 Å². The number of piperidine rings is 1. The highest BCUT2D eigenvalue weighted by molar-refractivity contribution is 5.87. The molecule has 2 rings (SSSR count). The van der Waals surface area contributed by atoms with Crippen LogP contribution in [0.15, 0.2) is 18.5 Å². The maximum Gasteiger partial charge on any atom is 0.242 e. The highest BCUT2D eigenvalue weighted by Gasteiger charge is 2.23. The summed E-state index contributed by atoms with van der Waals surface area (Å²) in [5, 5.41) is 9.58. The van der Waals surface area contributed by atoms with Crippen LogP contribution < -0.4 is 10.6 Å². The third-order valence-corrected chi connectivity index (χ3v) is 2.97. The van der Waals surface area contributed by atoms with Crippen molar-refractivity contribution in [3.63, 3.8) is 0 Å². The smallest absolute Gasteiger partial charge is 0.242 e. The lowest BCUT2D eigenvalue weighted by molar-refractivity contribution is -0.130. The number of nitrogens with one attached hydrogen (secondary N) is 2. The predicted octanol–water partition coefficient (Wildman–Crippen LogP) is 0.0581. The van der Waals surface area contributed by atoms with Gasteiger partial charge in [-0.2, -0.15) is 5.10 Å². The molecule has 1 aromatic rings. The Labute approximate surface area is 106 Å². The second-order valence-corrected chi connectivity index (χ2v) is 4.43. The molecule has 6 nitrogen and oxygen atoms in total. The molecule has 1 aromatic heterocycles. The molecule has 0 aliphatic carbocycles. The van der Waals surface area contributed by atoms with Gasteiger partial charge in [-0.15, -0.1) is 0 Å². The summed E-state index contributed by atoms with van der Waals surface area (Å²) in [6, 6.07) is 1.50. The van der Waals surface area contributed by atoms with Crippen LogP contribution in [0.3, 0.4) is 0 Å². The number of hydrogen-bond acceptors (Lipinski definition) is 3. The van der Waals surface area contributed by atoms with E-state index in [4.69, 9.17) is 0 Å². The first-order valence-corrected chi connectivity index (χ1v) is 6.30. The van der Waals surface area contributed by atoms with Crippen LogP contribution in [-0.4, -0.2) is 34.2 Å². The first-order chi connectivity index (χ1) is 8.75. The molecule has 0 saturated carbocycles. The van der Waals surface area contributed by atoms with Gasteiger partial charge in [0.1, 0.15) is 6.04 Å². The van der Waals surface area contributed by atoms with Gasteiger partial charge >= 0.3 is 0 Å². The summed E-state index contributed by atoms with van der Waals surface area (Å²) in [6.07, 6.45) is 6.38. The number of nitrogens with zero attached hydrogens (tertiary/aromatic N) is 2. The monoisotopic (exact) mass is 250 g/mol. The van der Waals surface area contributed by atoms with Gasteiger partial charge in [0.2, 0.25) is 11.8 Å². The van der Waals surface area contributed by atoms with Crippen LogP contribution in [0.5, 0.6) is 0 Å². The minimum absolute atomic E-state index is 0.0655. The standard InChI is InChI=1S/C12H18N4O2/c17-11(5-2-8-16-9-3-7-14-16)15-10-4-1-6-13-12(10)18/h3,7,9-10H,1-2,4-6,8H2,(H,13,18)(H,15,17). The van der Waals surface area contributed by atoms with Crippen molar-refractivity contribution in [1.29, 1.82) is 0 Å². The van der Waals surface area contributed by atoms with E-state index in [1.807, 2.05) is 12.3 Å². The lowest BCUT2D eigenvalue weighted by Crippen LogP contribution is -2.50. The van der Waals surface area contributed by atoms with E-state index in [0.29, 0.717) is 13.0 Å². The van der Waals surface area contributed by atoms with E-state index in [1.54, 1.807) is 10.9 Å². The first-order valence-electron chi connectivity index (χ1n) is 6.30. The van der Waals surface area contributed by atoms with Crippen LogP contribution in [0, 0.1) is 0 Å². The highest BCUT2D eigenvalue weighted by atomic mass is 16.2. The molecule has 0 radical (unpaired) electrons. The predicted molar refractivity (Wildman–Crippen MR) is 65.6 cm³/mol. The van der Waals surface area contributed by atoms with Crippen molar-refractivity contribution in [2.24, 2.45) is 0 Å². The SMILES string of the molecule is O=C(CCCn1cccn1)NC1CCCNC1=O. The number of carbonyl (C=O) groups excluding carboxylic acids is 2.